The van der Waals surface area contributed by atoms with Crippen LogP contribution in [0.4, 0.5) is 0 Å². The summed E-state index contributed by atoms with van der Waals surface area (Å²) in [7, 11) is 1.61. The fourth-order valence-electron chi connectivity index (χ4n) is 1.75. The average Bonchev–Trinajstić information content (AvgIpc) is 2.46. The quantitative estimate of drug-likeness (QED) is 0.406. The van der Waals surface area contributed by atoms with E-state index in [2.05, 4.69) is 12.6 Å². The predicted octanol–water partition coefficient (Wildman–Crippen LogP) is 2.43. The lowest BCUT2D eigenvalue weighted by Gasteiger charge is -2.25. The molecule has 1 aromatic carbocycles. The highest BCUT2D eigenvalue weighted by Gasteiger charge is 2.25. The number of thiol groups is 1. The molecule has 0 saturated carbocycles. The molecule has 0 radical (unpaired) electrons. The molecule has 0 N–H and O–H groups in total. The topological polar surface area (TPSA) is 54.0 Å². The molecule has 0 aliphatic carbocycles. The van der Waals surface area contributed by atoms with Gasteiger partial charge in [0.15, 0.2) is 0 Å². The Labute approximate surface area is 137 Å². The van der Waals surface area contributed by atoms with Crippen LogP contribution < -0.4 is 0 Å². The van der Waals surface area contributed by atoms with Crippen molar-refractivity contribution in [3.05, 3.63) is 29.8 Å². The van der Waals surface area contributed by atoms with Crippen molar-refractivity contribution in [3.63, 3.8) is 0 Å². The molecule has 0 amide bonds. The molecule has 0 saturated heterocycles. The van der Waals surface area contributed by atoms with Crippen LogP contribution in [0.2, 0.25) is 0 Å². The summed E-state index contributed by atoms with van der Waals surface area (Å²) >= 11 is 4.24. The molecule has 1 rings (SSSR count). The minimum Gasteiger partial charge on any atom is -0.453 e. The van der Waals surface area contributed by atoms with Gasteiger partial charge in [-0.05, 0) is 31.5 Å². The van der Waals surface area contributed by atoms with Crippen LogP contribution in [0.3, 0.4) is 0 Å². The van der Waals surface area contributed by atoms with E-state index >= 15 is 0 Å². The third-order valence-electron chi connectivity index (χ3n) is 2.96. The Morgan fingerprint density at radius 1 is 1.05 bits per heavy atom. The zero-order valence-electron chi connectivity index (χ0n) is 13.3. The fraction of sp³-hybridized carbons (Fsp3) is 0.562. The SMILES string of the molecule is COCCOCCOCC(=O)OC(C)(C)c1ccc(S)cc1. The summed E-state index contributed by atoms with van der Waals surface area (Å²) in [4.78, 5) is 12.7. The summed E-state index contributed by atoms with van der Waals surface area (Å²) < 4.78 is 20.8. The second-order valence-electron chi connectivity index (χ2n) is 5.19. The maximum absolute atomic E-state index is 11.8. The normalized spacial score (nSPS) is 11.5. The number of carbonyl (C=O) groups is 1. The molecule has 5 nitrogen and oxygen atoms in total. The minimum absolute atomic E-state index is 0.0955. The number of hydrogen-bond donors (Lipinski definition) is 1. The van der Waals surface area contributed by atoms with Gasteiger partial charge in [0, 0.05) is 12.0 Å². The molecule has 6 heteroatoms. The highest BCUT2D eigenvalue weighted by Crippen LogP contribution is 2.25. The van der Waals surface area contributed by atoms with Crippen molar-refractivity contribution in [1.29, 1.82) is 0 Å². The monoisotopic (exact) mass is 328 g/mol. The van der Waals surface area contributed by atoms with Crippen LogP contribution in [0.5, 0.6) is 0 Å². The number of methoxy groups -OCH3 is 1. The summed E-state index contributed by atoms with van der Waals surface area (Å²) in [6.45, 7) is 5.40. The van der Waals surface area contributed by atoms with Crippen LogP contribution in [0.15, 0.2) is 29.2 Å². The van der Waals surface area contributed by atoms with Crippen molar-refractivity contribution in [2.45, 2.75) is 24.3 Å². The summed E-state index contributed by atoms with van der Waals surface area (Å²) in [6, 6.07) is 7.50. The minimum atomic E-state index is -0.711. The van der Waals surface area contributed by atoms with Crippen LogP contribution in [-0.4, -0.2) is 46.1 Å². The molecule has 0 spiro atoms. The molecule has 0 aromatic heterocycles. The van der Waals surface area contributed by atoms with E-state index in [0.29, 0.717) is 26.4 Å². The highest BCUT2D eigenvalue weighted by atomic mass is 32.1. The number of rotatable bonds is 10. The molecular formula is C16H24O5S. The number of hydrogen-bond acceptors (Lipinski definition) is 6. The first kappa shape index (κ1) is 19.0. The number of benzene rings is 1. The van der Waals surface area contributed by atoms with Gasteiger partial charge < -0.3 is 18.9 Å². The molecule has 124 valence electrons. The van der Waals surface area contributed by atoms with E-state index in [1.807, 2.05) is 38.1 Å². The Bertz CT molecular complexity index is 444. The molecule has 0 fully saturated rings. The van der Waals surface area contributed by atoms with Crippen LogP contribution in [0.25, 0.3) is 0 Å². The number of carbonyl (C=O) groups excluding carboxylic acids is 1. The predicted molar refractivity (Wildman–Crippen MR) is 86.3 cm³/mol. The molecule has 0 heterocycles. The van der Waals surface area contributed by atoms with Gasteiger partial charge in [0.2, 0.25) is 0 Å². The van der Waals surface area contributed by atoms with Gasteiger partial charge in [-0.25, -0.2) is 4.79 Å². The van der Waals surface area contributed by atoms with Gasteiger partial charge in [-0.15, -0.1) is 12.6 Å². The first-order valence-corrected chi connectivity index (χ1v) is 7.56. The molecule has 0 bridgehead atoms. The van der Waals surface area contributed by atoms with Crippen molar-refractivity contribution in [3.8, 4) is 0 Å². The molecule has 22 heavy (non-hydrogen) atoms. The Hall–Kier alpha value is -1.08. The van der Waals surface area contributed by atoms with Gasteiger partial charge in [-0.1, -0.05) is 12.1 Å². The summed E-state index contributed by atoms with van der Waals surface area (Å²) in [5.74, 6) is -0.406. The lowest BCUT2D eigenvalue weighted by Crippen LogP contribution is -2.28. The van der Waals surface area contributed by atoms with Gasteiger partial charge >= 0.3 is 5.97 Å². The van der Waals surface area contributed by atoms with Crippen LogP contribution >= 0.6 is 12.6 Å². The first-order valence-electron chi connectivity index (χ1n) is 7.11. The molecule has 0 aliphatic rings. The van der Waals surface area contributed by atoms with Crippen molar-refractivity contribution in [2.24, 2.45) is 0 Å². The van der Waals surface area contributed by atoms with Gasteiger partial charge in [-0.3, -0.25) is 0 Å². The van der Waals surface area contributed by atoms with E-state index in [-0.39, 0.29) is 6.61 Å². The van der Waals surface area contributed by atoms with E-state index in [0.717, 1.165) is 10.5 Å². The third kappa shape index (κ3) is 7.26. The van der Waals surface area contributed by atoms with E-state index < -0.39 is 11.6 Å². The Morgan fingerprint density at radius 3 is 2.27 bits per heavy atom. The molecular weight excluding hydrogens is 304 g/mol. The number of ether oxygens (including phenoxy) is 4. The standard InChI is InChI=1S/C16H24O5S/c1-16(2,13-4-6-14(22)7-5-13)21-15(17)12-20-11-10-19-9-8-18-3/h4-7,22H,8-12H2,1-3H3. The lowest BCUT2D eigenvalue weighted by atomic mass is 9.98. The summed E-state index contributed by atoms with van der Waals surface area (Å²) in [5.41, 5.74) is 0.193. The van der Waals surface area contributed by atoms with E-state index in [1.165, 1.54) is 0 Å². The summed E-state index contributed by atoms with van der Waals surface area (Å²) in [5, 5.41) is 0. The van der Waals surface area contributed by atoms with E-state index in [1.54, 1.807) is 7.11 Å². The molecule has 0 aliphatic heterocycles. The number of esters is 1. The van der Waals surface area contributed by atoms with Crippen molar-refractivity contribution < 1.29 is 23.7 Å². The zero-order chi connectivity index (χ0) is 16.4. The van der Waals surface area contributed by atoms with E-state index in [4.69, 9.17) is 18.9 Å². The first-order chi connectivity index (χ1) is 10.5. The molecule has 0 atom stereocenters. The maximum atomic E-state index is 11.8. The fourth-order valence-corrected chi connectivity index (χ4v) is 1.90. The summed E-state index contributed by atoms with van der Waals surface area (Å²) in [6.07, 6.45) is 0. The average molecular weight is 328 g/mol. The molecule has 1 aromatic rings. The molecule has 0 unspecified atom stereocenters. The van der Waals surface area contributed by atoms with Gasteiger partial charge in [-0.2, -0.15) is 0 Å². The third-order valence-corrected chi connectivity index (χ3v) is 3.25. The Morgan fingerprint density at radius 2 is 1.64 bits per heavy atom. The van der Waals surface area contributed by atoms with Crippen molar-refractivity contribution in [1.82, 2.24) is 0 Å². The van der Waals surface area contributed by atoms with Gasteiger partial charge in [0.1, 0.15) is 12.2 Å². The maximum Gasteiger partial charge on any atom is 0.332 e. The second kappa shape index (κ2) is 9.84. The largest absolute Gasteiger partial charge is 0.453 e. The smallest absolute Gasteiger partial charge is 0.332 e. The lowest BCUT2D eigenvalue weighted by molar-refractivity contribution is -0.163. The van der Waals surface area contributed by atoms with Gasteiger partial charge in [0.05, 0.1) is 26.4 Å². The van der Waals surface area contributed by atoms with Crippen molar-refractivity contribution in [2.75, 3.05) is 40.1 Å². The van der Waals surface area contributed by atoms with Crippen molar-refractivity contribution >= 4 is 18.6 Å². The zero-order valence-corrected chi connectivity index (χ0v) is 14.2. The Kier molecular flexibility index (Phi) is 8.48. The van der Waals surface area contributed by atoms with Gasteiger partial charge in [0.25, 0.3) is 0 Å². The van der Waals surface area contributed by atoms with E-state index in [9.17, 15) is 4.79 Å². The highest BCUT2D eigenvalue weighted by molar-refractivity contribution is 7.80. The van der Waals surface area contributed by atoms with Crippen LogP contribution in [-0.2, 0) is 29.3 Å². The Balaban J connectivity index is 2.27. The van der Waals surface area contributed by atoms with Crippen LogP contribution in [0.1, 0.15) is 19.4 Å². The van der Waals surface area contributed by atoms with Crippen LogP contribution in [0, 0.1) is 0 Å². The second-order valence-corrected chi connectivity index (χ2v) is 5.71.